The smallest absolute Gasteiger partial charge is 0.143 e. The van der Waals surface area contributed by atoms with Crippen molar-refractivity contribution >= 4 is 11.6 Å². The summed E-state index contributed by atoms with van der Waals surface area (Å²) < 4.78 is 5.39. The standard InChI is InChI=1S/C14H19ClO2/c1-8-10-6-4-5-7-11(10)13(15)14(17-3)12(8)9(2)16/h9,16H,4-7H2,1-3H3. The molecule has 3 heteroatoms. The zero-order chi connectivity index (χ0) is 12.6. The number of fused-ring (bicyclic) bond motifs is 1. The van der Waals surface area contributed by atoms with Crippen LogP contribution in [0.5, 0.6) is 5.75 Å². The van der Waals surface area contributed by atoms with E-state index >= 15 is 0 Å². The predicted molar refractivity (Wildman–Crippen MR) is 70.0 cm³/mol. The zero-order valence-electron chi connectivity index (χ0n) is 10.6. The van der Waals surface area contributed by atoms with Crippen molar-refractivity contribution in [1.29, 1.82) is 0 Å². The lowest BCUT2D eigenvalue weighted by molar-refractivity contribution is 0.193. The molecule has 0 heterocycles. The highest BCUT2D eigenvalue weighted by Gasteiger charge is 2.24. The van der Waals surface area contributed by atoms with Crippen LogP contribution in [-0.2, 0) is 12.8 Å². The molecular formula is C14H19ClO2. The second kappa shape index (κ2) is 4.87. The predicted octanol–water partition coefficient (Wildman–Crippen LogP) is 3.59. The van der Waals surface area contributed by atoms with Gasteiger partial charge >= 0.3 is 0 Å². The Labute approximate surface area is 108 Å². The summed E-state index contributed by atoms with van der Waals surface area (Å²) in [5, 5.41) is 10.6. The minimum absolute atomic E-state index is 0.547. The molecular weight excluding hydrogens is 236 g/mol. The molecule has 1 unspecified atom stereocenters. The van der Waals surface area contributed by atoms with Crippen LogP contribution in [0, 0.1) is 6.92 Å². The van der Waals surface area contributed by atoms with E-state index in [1.165, 1.54) is 24.0 Å². The van der Waals surface area contributed by atoms with Crippen LogP contribution in [0.4, 0.5) is 0 Å². The Kier molecular flexibility index (Phi) is 3.64. The van der Waals surface area contributed by atoms with Crippen molar-refractivity contribution in [3.05, 3.63) is 27.3 Å². The largest absolute Gasteiger partial charge is 0.495 e. The Morgan fingerprint density at radius 1 is 1.24 bits per heavy atom. The third-order valence-corrected chi connectivity index (χ3v) is 4.06. The van der Waals surface area contributed by atoms with Gasteiger partial charge in [0.05, 0.1) is 18.2 Å². The lowest BCUT2D eigenvalue weighted by atomic mass is 9.85. The lowest BCUT2D eigenvalue weighted by Crippen LogP contribution is -2.11. The van der Waals surface area contributed by atoms with Gasteiger partial charge in [0, 0.05) is 5.56 Å². The van der Waals surface area contributed by atoms with E-state index in [4.69, 9.17) is 16.3 Å². The van der Waals surface area contributed by atoms with E-state index in [0.717, 1.165) is 24.0 Å². The summed E-state index contributed by atoms with van der Waals surface area (Å²) in [6.45, 7) is 3.82. The third kappa shape index (κ3) is 2.04. The summed E-state index contributed by atoms with van der Waals surface area (Å²) in [5.41, 5.74) is 4.53. The van der Waals surface area contributed by atoms with E-state index in [9.17, 15) is 5.11 Å². The molecule has 1 aliphatic carbocycles. The molecule has 2 rings (SSSR count). The van der Waals surface area contributed by atoms with Crippen LogP contribution >= 0.6 is 11.6 Å². The van der Waals surface area contributed by atoms with Gasteiger partial charge in [0.2, 0.25) is 0 Å². The number of methoxy groups -OCH3 is 1. The minimum Gasteiger partial charge on any atom is -0.495 e. The number of hydrogen-bond donors (Lipinski definition) is 1. The van der Waals surface area contributed by atoms with Crippen molar-refractivity contribution < 1.29 is 9.84 Å². The molecule has 1 aromatic carbocycles. The Morgan fingerprint density at radius 2 is 1.82 bits per heavy atom. The SMILES string of the molecule is COc1c(Cl)c2c(c(C)c1C(C)O)CCCC2. The maximum atomic E-state index is 9.90. The first kappa shape index (κ1) is 12.7. The van der Waals surface area contributed by atoms with E-state index in [1.807, 2.05) is 0 Å². The number of aliphatic hydroxyl groups excluding tert-OH is 1. The number of ether oxygens (including phenoxy) is 1. The summed E-state index contributed by atoms with van der Waals surface area (Å²) in [5.74, 6) is 0.653. The first-order valence-electron chi connectivity index (χ1n) is 6.13. The summed E-state index contributed by atoms with van der Waals surface area (Å²) in [7, 11) is 1.61. The Morgan fingerprint density at radius 3 is 2.35 bits per heavy atom. The van der Waals surface area contributed by atoms with E-state index in [-0.39, 0.29) is 0 Å². The molecule has 17 heavy (non-hydrogen) atoms. The molecule has 0 amide bonds. The van der Waals surface area contributed by atoms with Gasteiger partial charge < -0.3 is 9.84 Å². The molecule has 0 spiro atoms. The van der Waals surface area contributed by atoms with Crippen LogP contribution in [0.15, 0.2) is 0 Å². The van der Waals surface area contributed by atoms with E-state index in [1.54, 1.807) is 14.0 Å². The van der Waals surface area contributed by atoms with E-state index in [0.29, 0.717) is 10.8 Å². The summed E-state index contributed by atoms with van der Waals surface area (Å²) in [6, 6.07) is 0. The van der Waals surface area contributed by atoms with Crippen LogP contribution in [0.3, 0.4) is 0 Å². The van der Waals surface area contributed by atoms with Crippen molar-refractivity contribution in [2.75, 3.05) is 7.11 Å². The van der Waals surface area contributed by atoms with Crippen LogP contribution in [-0.4, -0.2) is 12.2 Å². The van der Waals surface area contributed by atoms with Crippen LogP contribution in [0.2, 0.25) is 5.02 Å². The van der Waals surface area contributed by atoms with Gasteiger partial charge in [-0.3, -0.25) is 0 Å². The maximum Gasteiger partial charge on any atom is 0.143 e. The van der Waals surface area contributed by atoms with Gasteiger partial charge in [-0.15, -0.1) is 0 Å². The third-order valence-electron chi connectivity index (χ3n) is 3.66. The fraction of sp³-hybridized carbons (Fsp3) is 0.571. The number of halogens is 1. The molecule has 0 aliphatic heterocycles. The topological polar surface area (TPSA) is 29.5 Å². The highest BCUT2D eigenvalue weighted by Crippen LogP contribution is 2.43. The van der Waals surface area contributed by atoms with Crippen LogP contribution < -0.4 is 4.74 Å². The van der Waals surface area contributed by atoms with Crippen molar-refractivity contribution in [3.63, 3.8) is 0 Å². The molecule has 1 N–H and O–H groups in total. The van der Waals surface area contributed by atoms with Gasteiger partial charge in [-0.2, -0.15) is 0 Å². The minimum atomic E-state index is -0.547. The molecule has 0 radical (unpaired) electrons. The van der Waals surface area contributed by atoms with Gasteiger partial charge in [0.25, 0.3) is 0 Å². The Hall–Kier alpha value is -0.730. The van der Waals surface area contributed by atoms with Crippen molar-refractivity contribution in [2.45, 2.75) is 45.6 Å². The summed E-state index contributed by atoms with van der Waals surface area (Å²) in [6.07, 6.45) is 3.92. The molecule has 1 atom stereocenters. The van der Waals surface area contributed by atoms with Crippen molar-refractivity contribution in [2.24, 2.45) is 0 Å². The first-order chi connectivity index (χ1) is 8.07. The van der Waals surface area contributed by atoms with Gasteiger partial charge in [0.15, 0.2) is 0 Å². The summed E-state index contributed by atoms with van der Waals surface area (Å²) >= 11 is 6.41. The fourth-order valence-electron chi connectivity index (χ4n) is 2.85. The summed E-state index contributed by atoms with van der Waals surface area (Å²) in [4.78, 5) is 0. The van der Waals surface area contributed by atoms with Gasteiger partial charge in [-0.1, -0.05) is 11.6 Å². The van der Waals surface area contributed by atoms with Gasteiger partial charge in [-0.05, 0) is 56.2 Å². The molecule has 0 saturated carbocycles. The van der Waals surface area contributed by atoms with Gasteiger partial charge in [0.1, 0.15) is 5.75 Å². The maximum absolute atomic E-state index is 9.90. The normalized spacial score (nSPS) is 16.5. The monoisotopic (exact) mass is 254 g/mol. The Bertz CT molecular complexity index is 439. The molecule has 0 aromatic heterocycles. The quantitative estimate of drug-likeness (QED) is 0.874. The lowest BCUT2D eigenvalue weighted by Gasteiger charge is -2.25. The van der Waals surface area contributed by atoms with Crippen LogP contribution in [0.1, 0.15) is 48.1 Å². The van der Waals surface area contributed by atoms with E-state index < -0.39 is 6.10 Å². The van der Waals surface area contributed by atoms with Crippen molar-refractivity contribution in [1.82, 2.24) is 0 Å². The molecule has 1 aliphatic rings. The average Bonchev–Trinajstić information content (AvgIpc) is 2.33. The van der Waals surface area contributed by atoms with Crippen molar-refractivity contribution in [3.8, 4) is 5.75 Å². The number of rotatable bonds is 2. The molecule has 1 aromatic rings. The second-order valence-electron chi connectivity index (χ2n) is 4.73. The number of aliphatic hydroxyl groups is 1. The number of hydrogen-bond acceptors (Lipinski definition) is 2. The highest BCUT2D eigenvalue weighted by atomic mass is 35.5. The first-order valence-corrected chi connectivity index (χ1v) is 6.51. The molecule has 0 fully saturated rings. The number of benzene rings is 1. The highest BCUT2D eigenvalue weighted by molar-refractivity contribution is 6.33. The van der Waals surface area contributed by atoms with Gasteiger partial charge in [-0.25, -0.2) is 0 Å². The average molecular weight is 255 g/mol. The fourth-order valence-corrected chi connectivity index (χ4v) is 3.24. The van der Waals surface area contributed by atoms with E-state index in [2.05, 4.69) is 6.92 Å². The Balaban J connectivity index is 2.72. The molecule has 2 nitrogen and oxygen atoms in total. The second-order valence-corrected chi connectivity index (χ2v) is 5.10. The zero-order valence-corrected chi connectivity index (χ0v) is 11.4. The van der Waals surface area contributed by atoms with Crippen LogP contribution in [0.25, 0.3) is 0 Å². The molecule has 94 valence electrons. The molecule has 0 saturated heterocycles. The molecule has 0 bridgehead atoms.